The van der Waals surface area contributed by atoms with Gasteiger partial charge in [-0.25, -0.2) is 0 Å². The Labute approximate surface area is 183 Å². The van der Waals surface area contributed by atoms with Gasteiger partial charge in [0.25, 0.3) is 0 Å². The van der Waals surface area contributed by atoms with Gasteiger partial charge in [0.1, 0.15) is 0 Å². The van der Waals surface area contributed by atoms with Crippen LogP contribution in [0.5, 0.6) is 17.2 Å². The third-order valence-corrected chi connectivity index (χ3v) is 8.21. The summed E-state index contributed by atoms with van der Waals surface area (Å²) in [5, 5.41) is 3.33. The minimum atomic E-state index is -0.329. The van der Waals surface area contributed by atoms with Gasteiger partial charge in [-0.05, 0) is 49.4 Å². The van der Waals surface area contributed by atoms with Gasteiger partial charge in [0.2, 0.25) is 17.6 Å². The number of hydrogen-bond donors (Lipinski definition) is 1. The maximum Gasteiger partial charge on any atom is 0.227 e. The quantitative estimate of drug-likeness (QED) is 0.754. The van der Waals surface area contributed by atoms with Crippen LogP contribution in [0.4, 0.5) is 5.69 Å². The summed E-state index contributed by atoms with van der Waals surface area (Å²) in [6.45, 7) is 0.371. The molecular weight excluding hydrogens is 396 g/mol. The maximum absolute atomic E-state index is 13.1. The highest BCUT2D eigenvalue weighted by Gasteiger charge is 2.54. The molecule has 1 aliphatic heterocycles. The molecule has 6 atom stereocenters. The van der Waals surface area contributed by atoms with Crippen molar-refractivity contribution in [1.82, 2.24) is 5.32 Å². The lowest BCUT2D eigenvalue weighted by Crippen LogP contribution is -2.45. The molecule has 3 aliphatic carbocycles. The Bertz CT molecular complexity index is 862. The molecule has 5 rings (SSSR count). The van der Waals surface area contributed by atoms with Crippen LogP contribution in [0.2, 0.25) is 0 Å². The van der Waals surface area contributed by atoms with Crippen LogP contribution in [0.3, 0.4) is 0 Å². The van der Waals surface area contributed by atoms with Crippen LogP contribution >= 0.6 is 0 Å². The van der Waals surface area contributed by atoms with Crippen LogP contribution in [-0.4, -0.2) is 45.7 Å². The van der Waals surface area contributed by atoms with Crippen LogP contribution in [0, 0.1) is 29.6 Å². The van der Waals surface area contributed by atoms with Crippen LogP contribution in [0.1, 0.15) is 38.5 Å². The van der Waals surface area contributed by atoms with Crippen molar-refractivity contribution >= 4 is 17.5 Å². The molecule has 1 aromatic rings. The van der Waals surface area contributed by atoms with E-state index in [0.717, 1.165) is 24.2 Å². The molecule has 2 bridgehead atoms. The minimum absolute atomic E-state index is 0.0235. The second-order valence-electron chi connectivity index (χ2n) is 9.56. The zero-order valence-electron chi connectivity index (χ0n) is 18.6. The lowest BCUT2D eigenvalue weighted by Gasteiger charge is -2.32. The largest absolute Gasteiger partial charge is 0.493 e. The molecule has 1 saturated heterocycles. The van der Waals surface area contributed by atoms with Gasteiger partial charge in [0.15, 0.2) is 11.5 Å². The van der Waals surface area contributed by atoms with E-state index >= 15 is 0 Å². The zero-order valence-corrected chi connectivity index (χ0v) is 18.6. The molecule has 1 heterocycles. The first-order chi connectivity index (χ1) is 15.0. The second kappa shape index (κ2) is 7.92. The number of rotatable bonds is 6. The Morgan fingerprint density at radius 1 is 1.00 bits per heavy atom. The number of benzene rings is 1. The molecule has 1 aromatic carbocycles. The van der Waals surface area contributed by atoms with Crippen LogP contribution < -0.4 is 24.4 Å². The van der Waals surface area contributed by atoms with E-state index in [1.54, 1.807) is 38.4 Å². The van der Waals surface area contributed by atoms with Crippen molar-refractivity contribution in [2.45, 2.75) is 44.6 Å². The average Bonchev–Trinajstić information content (AvgIpc) is 3.54. The molecule has 7 heteroatoms. The molecule has 1 N–H and O–H groups in total. The SMILES string of the molecule is COc1cc(N2CC(C(=O)NC3CC4CC3C3CCCC43)CC2=O)cc(OC)c1OC. The number of methoxy groups -OCH3 is 3. The van der Waals surface area contributed by atoms with E-state index in [1.807, 2.05) is 0 Å². The number of carbonyl (C=O) groups is 2. The standard InChI is InChI=1S/C24H32N2O5/c1-29-20-10-15(11-21(30-2)23(20)31-3)26-12-14(9-22(26)27)24(28)25-19-8-13-7-18(19)17-6-4-5-16(13)17/h10-11,13-14,16-19H,4-9,12H2,1-3H3,(H,25,28). The Morgan fingerprint density at radius 2 is 1.71 bits per heavy atom. The zero-order chi connectivity index (χ0) is 21.7. The predicted octanol–water partition coefficient (Wildman–Crippen LogP) is 3.01. The summed E-state index contributed by atoms with van der Waals surface area (Å²) >= 11 is 0. The van der Waals surface area contributed by atoms with E-state index in [-0.39, 0.29) is 24.2 Å². The molecule has 31 heavy (non-hydrogen) atoms. The minimum Gasteiger partial charge on any atom is -0.493 e. The fourth-order valence-electron chi connectivity index (χ4n) is 6.89. The van der Waals surface area contributed by atoms with E-state index in [9.17, 15) is 9.59 Å². The van der Waals surface area contributed by atoms with Crippen molar-refractivity contribution in [1.29, 1.82) is 0 Å². The van der Waals surface area contributed by atoms with Gasteiger partial charge in [0.05, 0.1) is 32.9 Å². The van der Waals surface area contributed by atoms with Crippen LogP contribution in [-0.2, 0) is 9.59 Å². The molecule has 6 unspecified atom stereocenters. The molecule has 0 spiro atoms. The van der Waals surface area contributed by atoms with Crippen LogP contribution in [0.25, 0.3) is 0 Å². The Kier molecular flexibility index (Phi) is 5.22. The average molecular weight is 429 g/mol. The van der Waals surface area contributed by atoms with Crippen molar-refractivity contribution in [2.24, 2.45) is 29.6 Å². The third-order valence-electron chi connectivity index (χ3n) is 8.21. The van der Waals surface area contributed by atoms with Gasteiger partial charge >= 0.3 is 0 Å². The number of carbonyl (C=O) groups excluding carboxylic acids is 2. The number of hydrogen-bond acceptors (Lipinski definition) is 5. The number of nitrogens with zero attached hydrogens (tertiary/aromatic N) is 1. The molecule has 0 aromatic heterocycles. The molecule has 4 aliphatic rings. The number of anilines is 1. The van der Waals surface area contributed by atoms with Gasteiger partial charge < -0.3 is 24.4 Å². The predicted molar refractivity (Wildman–Crippen MR) is 116 cm³/mol. The highest BCUT2D eigenvalue weighted by Crippen LogP contribution is 2.58. The van der Waals surface area contributed by atoms with Crippen molar-refractivity contribution in [3.63, 3.8) is 0 Å². The van der Waals surface area contributed by atoms with Gasteiger partial charge in [-0.2, -0.15) is 0 Å². The summed E-state index contributed by atoms with van der Waals surface area (Å²) in [7, 11) is 4.64. The van der Waals surface area contributed by atoms with Crippen molar-refractivity contribution in [3.8, 4) is 17.2 Å². The number of ether oxygens (including phenoxy) is 3. The topological polar surface area (TPSA) is 77.1 Å². The Morgan fingerprint density at radius 3 is 2.39 bits per heavy atom. The maximum atomic E-state index is 13.1. The van der Waals surface area contributed by atoms with E-state index in [1.165, 1.54) is 25.7 Å². The molecule has 2 amide bonds. The fraction of sp³-hybridized carbons (Fsp3) is 0.667. The number of nitrogens with one attached hydrogen (secondary N) is 1. The van der Waals surface area contributed by atoms with Gasteiger partial charge in [-0.15, -0.1) is 0 Å². The van der Waals surface area contributed by atoms with Crippen molar-refractivity contribution < 1.29 is 23.8 Å². The number of fused-ring (bicyclic) bond motifs is 5. The Hall–Kier alpha value is -2.44. The molecule has 0 radical (unpaired) electrons. The molecule has 4 fully saturated rings. The van der Waals surface area contributed by atoms with Crippen LogP contribution in [0.15, 0.2) is 12.1 Å². The summed E-state index contributed by atoms with van der Waals surface area (Å²) in [5.41, 5.74) is 0.656. The van der Waals surface area contributed by atoms with E-state index in [0.29, 0.717) is 41.4 Å². The second-order valence-corrected chi connectivity index (χ2v) is 9.56. The number of amides is 2. The highest BCUT2D eigenvalue weighted by atomic mass is 16.5. The molecule has 168 valence electrons. The lowest BCUT2D eigenvalue weighted by molar-refractivity contribution is -0.127. The summed E-state index contributed by atoms with van der Waals surface area (Å²) in [4.78, 5) is 27.5. The first-order valence-electron chi connectivity index (χ1n) is 11.4. The van der Waals surface area contributed by atoms with Gasteiger partial charge in [-0.1, -0.05) is 6.42 Å². The van der Waals surface area contributed by atoms with Crippen molar-refractivity contribution in [2.75, 3.05) is 32.8 Å². The fourth-order valence-corrected chi connectivity index (χ4v) is 6.89. The Balaban J connectivity index is 1.28. The summed E-state index contributed by atoms with van der Waals surface area (Å²) in [6, 6.07) is 3.81. The smallest absolute Gasteiger partial charge is 0.227 e. The monoisotopic (exact) mass is 428 g/mol. The summed E-state index contributed by atoms with van der Waals surface area (Å²) in [5.74, 6) is 4.26. The molecule has 7 nitrogen and oxygen atoms in total. The summed E-state index contributed by atoms with van der Waals surface area (Å²) < 4.78 is 16.2. The van der Waals surface area contributed by atoms with Crippen molar-refractivity contribution in [3.05, 3.63) is 12.1 Å². The first kappa shape index (κ1) is 20.5. The third kappa shape index (κ3) is 3.33. The van der Waals surface area contributed by atoms with Gasteiger partial charge in [-0.3, -0.25) is 9.59 Å². The normalized spacial score (nSPS) is 33.5. The van der Waals surface area contributed by atoms with E-state index in [2.05, 4.69) is 5.32 Å². The molecule has 3 saturated carbocycles. The van der Waals surface area contributed by atoms with E-state index < -0.39 is 0 Å². The van der Waals surface area contributed by atoms with E-state index in [4.69, 9.17) is 14.2 Å². The summed E-state index contributed by atoms with van der Waals surface area (Å²) in [6.07, 6.45) is 6.69. The highest BCUT2D eigenvalue weighted by molar-refractivity contribution is 6.00. The molecular formula is C24H32N2O5. The van der Waals surface area contributed by atoms with Gasteiger partial charge in [0, 0.05) is 31.1 Å². The first-order valence-corrected chi connectivity index (χ1v) is 11.4. The lowest BCUT2D eigenvalue weighted by atomic mass is 9.79.